The summed E-state index contributed by atoms with van der Waals surface area (Å²) in [4.78, 5) is 0. The molecule has 1 rings (SSSR count). The molecule has 1 aliphatic rings. The highest BCUT2D eigenvalue weighted by atomic mass is 16.5. The van der Waals surface area contributed by atoms with Gasteiger partial charge in [0.15, 0.2) is 0 Å². The van der Waals surface area contributed by atoms with Crippen molar-refractivity contribution in [3.8, 4) is 0 Å². The van der Waals surface area contributed by atoms with Crippen LogP contribution in [0.25, 0.3) is 0 Å². The number of nitrogens with one attached hydrogen (secondary N) is 1. The van der Waals surface area contributed by atoms with Crippen LogP contribution >= 0.6 is 0 Å². The fourth-order valence-electron chi connectivity index (χ4n) is 2.84. The number of rotatable bonds is 10. The van der Waals surface area contributed by atoms with E-state index >= 15 is 0 Å². The molecule has 0 radical (unpaired) electrons. The summed E-state index contributed by atoms with van der Waals surface area (Å²) < 4.78 is 10.6. The number of aliphatic hydroxyl groups is 1. The molecule has 1 saturated carbocycles. The molecule has 0 saturated heterocycles. The minimum absolute atomic E-state index is 0.386. The van der Waals surface area contributed by atoms with Gasteiger partial charge in [-0.1, -0.05) is 25.7 Å². The topological polar surface area (TPSA) is 50.7 Å². The zero-order valence-corrected chi connectivity index (χ0v) is 13.3. The SMILES string of the molecule is CCOCCOCC(O)CN[C@H](C)C1CCCCCC1. The number of hydrogen-bond acceptors (Lipinski definition) is 4. The van der Waals surface area contributed by atoms with Crippen molar-refractivity contribution in [2.75, 3.05) is 33.0 Å². The van der Waals surface area contributed by atoms with Gasteiger partial charge < -0.3 is 19.9 Å². The van der Waals surface area contributed by atoms with Crippen LogP contribution in [0.2, 0.25) is 0 Å². The Kier molecular flexibility index (Phi) is 10.3. The normalized spacial score (nSPS) is 20.6. The van der Waals surface area contributed by atoms with E-state index in [0.29, 0.717) is 39.0 Å². The summed E-state index contributed by atoms with van der Waals surface area (Å²) in [5, 5.41) is 13.4. The summed E-state index contributed by atoms with van der Waals surface area (Å²) in [5.74, 6) is 0.767. The Balaban J connectivity index is 2.05. The average Bonchev–Trinajstić information content (AvgIpc) is 2.73. The lowest BCUT2D eigenvalue weighted by atomic mass is 9.93. The van der Waals surface area contributed by atoms with Gasteiger partial charge in [0.05, 0.1) is 25.9 Å². The van der Waals surface area contributed by atoms with Gasteiger partial charge in [-0.05, 0) is 32.6 Å². The molecule has 0 aromatic rings. The maximum absolute atomic E-state index is 9.88. The summed E-state index contributed by atoms with van der Waals surface area (Å²) >= 11 is 0. The molecular formula is C16H33NO3. The Morgan fingerprint density at radius 3 is 2.40 bits per heavy atom. The highest BCUT2D eigenvalue weighted by molar-refractivity contribution is 4.76. The number of aliphatic hydroxyl groups excluding tert-OH is 1. The van der Waals surface area contributed by atoms with Crippen molar-refractivity contribution in [3.05, 3.63) is 0 Å². The highest BCUT2D eigenvalue weighted by Gasteiger charge is 2.19. The zero-order valence-electron chi connectivity index (χ0n) is 13.3. The summed E-state index contributed by atoms with van der Waals surface area (Å²) in [6.45, 7) is 7.10. The summed E-state index contributed by atoms with van der Waals surface area (Å²) in [7, 11) is 0. The van der Waals surface area contributed by atoms with Crippen molar-refractivity contribution in [2.45, 2.75) is 64.5 Å². The predicted molar refractivity (Wildman–Crippen MR) is 82.0 cm³/mol. The molecular weight excluding hydrogens is 254 g/mol. The van der Waals surface area contributed by atoms with Gasteiger partial charge in [-0.15, -0.1) is 0 Å². The molecule has 120 valence electrons. The van der Waals surface area contributed by atoms with Crippen LogP contribution in [0, 0.1) is 5.92 Å². The molecule has 2 atom stereocenters. The maximum atomic E-state index is 9.88. The van der Waals surface area contributed by atoms with Crippen LogP contribution in [0.15, 0.2) is 0 Å². The Morgan fingerprint density at radius 2 is 1.75 bits per heavy atom. The Morgan fingerprint density at radius 1 is 1.10 bits per heavy atom. The van der Waals surface area contributed by atoms with Gasteiger partial charge in [-0.25, -0.2) is 0 Å². The minimum atomic E-state index is -0.426. The van der Waals surface area contributed by atoms with Gasteiger partial charge in [0.2, 0.25) is 0 Å². The maximum Gasteiger partial charge on any atom is 0.0897 e. The number of hydrogen-bond donors (Lipinski definition) is 2. The minimum Gasteiger partial charge on any atom is -0.389 e. The molecule has 4 heteroatoms. The van der Waals surface area contributed by atoms with E-state index in [1.54, 1.807) is 0 Å². The monoisotopic (exact) mass is 287 g/mol. The van der Waals surface area contributed by atoms with Crippen LogP contribution < -0.4 is 5.32 Å². The van der Waals surface area contributed by atoms with E-state index in [2.05, 4.69) is 12.2 Å². The van der Waals surface area contributed by atoms with Crippen LogP contribution in [0.4, 0.5) is 0 Å². The second-order valence-corrected chi connectivity index (χ2v) is 5.87. The summed E-state index contributed by atoms with van der Waals surface area (Å²) in [6, 6.07) is 0.492. The number of ether oxygens (including phenoxy) is 2. The van der Waals surface area contributed by atoms with Gasteiger partial charge in [-0.3, -0.25) is 0 Å². The lowest BCUT2D eigenvalue weighted by Gasteiger charge is -2.25. The molecule has 1 aliphatic carbocycles. The largest absolute Gasteiger partial charge is 0.389 e. The van der Waals surface area contributed by atoms with Crippen LogP contribution in [-0.2, 0) is 9.47 Å². The summed E-state index contributed by atoms with van der Waals surface area (Å²) in [6.07, 6.45) is 7.73. The molecule has 0 aliphatic heterocycles. The Hall–Kier alpha value is -0.160. The van der Waals surface area contributed by atoms with E-state index in [-0.39, 0.29) is 0 Å². The van der Waals surface area contributed by atoms with Gasteiger partial charge in [0.1, 0.15) is 0 Å². The van der Waals surface area contributed by atoms with Crippen molar-refractivity contribution in [2.24, 2.45) is 5.92 Å². The zero-order chi connectivity index (χ0) is 14.6. The average molecular weight is 287 g/mol. The van der Waals surface area contributed by atoms with Gasteiger partial charge in [-0.2, -0.15) is 0 Å². The van der Waals surface area contributed by atoms with E-state index in [1.165, 1.54) is 38.5 Å². The third kappa shape index (κ3) is 8.20. The van der Waals surface area contributed by atoms with Crippen LogP contribution in [-0.4, -0.2) is 50.2 Å². The molecule has 1 fully saturated rings. The van der Waals surface area contributed by atoms with Crippen LogP contribution in [0.5, 0.6) is 0 Å². The van der Waals surface area contributed by atoms with E-state index < -0.39 is 6.10 Å². The lowest BCUT2D eigenvalue weighted by molar-refractivity contribution is 0.00527. The molecule has 0 aromatic carbocycles. The fraction of sp³-hybridized carbons (Fsp3) is 1.00. The summed E-state index contributed by atoms with van der Waals surface area (Å²) in [5.41, 5.74) is 0. The van der Waals surface area contributed by atoms with Gasteiger partial charge in [0, 0.05) is 19.2 Å². The van der Waals surface area contributed by atoms with Crippen LogP contribution in [0.3, 0.4) is 0 Å². The van der Waals surface area contributed by atoms with Crippen molar-refractivity contribution < 1.29 is 14.6 Å². The fourth-order valence-corrected chi connectivity index (χ4v) is 2.84. The third-order valence-electron chi connectivity index (χ3n) is 4.17. The molecule has 0 aromatic heterocycles. The van der Waals surface area contributed by atoms with Crippen molar-refractivity contribution in [3.63, 3.8) is 0 Å². The van der Waals surface area contributed by atoms with E-state index in [9.17, 15) is 5.11 Å². The van der Waals surface area contributed by atoms with Crippen molar-refractivity contribution in [1.82, 2.24) is 5.32 Å². The van der Waals surface area contributed by atoms with Crippen molar-refractivity contribution >= 4 is 0 Å². The molecule has 0 bridgehead atoms. The first-order valence-electron chi connectivity index (χ1n) is 8.31. The molecule has 20 heavy (non-hydrogen) atoms. The predicted octanol–water partition coefficient (Wildman–Crippen LogP) is 2.35. The second-order valence-electron chi connectivity index (χ2n) is 5.87. The highest BCUT2D eigenvalue weighted by Crippen LogP contribution is 2.25. The van der Waals surface area contributed by atoms with Crippen LogP contribution in [0.1, 0.15) is 52.4 Å². The van der Waals surface area contributed by atoms with E-state index in [1.807, 2.05) is 6.92 Å². The second kappa shape index (κ2) is 11.5. The molecule has 0 amide bonds. The molecule has 4 nitrogen and oxygen atoms in total. The smallest absolute Gasteiger partial charge is 0.0897 e. The van der Waals surface area contributed by atoms with Gasteiger partial charge >= 0.3 is 0 Å². The lowest BCUT2D eigenvalue weighted by Crippen LogP contribution is -2.40. The first-order valence-corrected chi connectivity index (χ1v) is 8.31. The first-order chi connectivity index (χ1) is 9.74. The molecule has 0 spiro atoms. The standard InChI is InChI=1S/C16H33NO3/c1-3-19-10-11-20-13-16(18)12-17-14(2)15-8-6-4-5-7-9-15/h14-18H,3-13H2,1-2H3/t14-,16?/m1/s1. The quantitative estimate of drug-likeness (QED) is 0.478. The first kappa shape index (κ1) is 17.9. The van der Waals surface area contributed by atoms with E-state index in [4.69, 9.17) is 9.47 Å². The molecule has 1 unspecified atom stereocenters. The van der Waals surface area contributed by atoms with Gasteiger partial charge in [0.25, 0.3) is 0 Å². The molecule has 2 N–H and O–H groups in total. The Labute approximate surface area is 124 Å². The molecule has 0 heterocycles. The van der Waals surface area contributed by atoms with E-state index in [0.717, 1.165) is 5.92 Å². The van der Waals surface area contributed by atoms with Crippen molar-refractivity contribution in [1.29, 1.82) is 0 Å². The third-order valence-corrected chi connectivity index (χ3v) is 4.17. The Bertz CT molecular complexity index is 218.